The second-order valence-corrected chi connectivity index (χ2v) is 8.18. The quantitative estimate of drug-likeness (QED) is 0.571. The normalized spacial score (nSPS) is 16.2. The highest BCUT2D eigenvalue weighted by Crippen LogP contribution is 2.11. The molecule has 1 N–H and O–H groups in total. The second kappa shape index (κ2) is 12.5. The standard InChI is InChI=1S/C20H41N3O2/c1-5-6-7-8-9-10-11-12-21-13-14-22-15-17-23(18-16-22)19(24)25-20(2,3)4/h21H,5-18H2,1-4H3. The van der Waals surface area contributed by atoms with E-state index in [9.17, 15) is 4.79 Å². The molecule has 0 aromatic carbocycles. The van der Waals surface area contributed by atoms with Crippen LogP contribution in [0.2, 0.25) is 0 Å². The predicted molar refractivity (Wildman–Crippen MR) is 105 cm³/mol. The van der Waals surface area contributed by atoms with Gasteiger partial charge in [0, 0.05) is 39.3 Å². The minimum Gasteiger partial charge on any atom is -0.444 e. The Labute approximate surface area is 155 Å². The lowest BCUT2D eigenvalue weighted by atomic mass is 10.1. The molecule has 1 rings (SSSR count). The molecular weight excluding hydrogens is 314 g/mol. The molecule has 0 bridgehead atoms. The monoisotopic (exact) mass is 355 g/mol. The molecule has 1 fully saturated rings. The average molecular weight is 356 g/mol. The van der Waals surface area contributed by atoms with Gasteiger partial charge in [-0.2, -0.15) is 0 Å². The van der Waals surface area contributed by atoms with Gasteiger partial charge in [-0.1, -0.05) is 45.4 Å². The Bertz CT molecular complexity index is 347. The van der Waals surface area contributed by atoms with Gasteiger partial charge in [-0.15, -0.1) is 0 Å². The van der Waals surface area contributed by atoms with E-state index in [0.29, 0.717) is 0 Å². The lowest BCUT2D eigenvalue weighted by molar-refractivity contribution is 0.0146. The number of rotatable bonds is 11. The fourth-order valence-electron chi connectivity index (χ4n) is 3.05. The van der Waals surface area contributed by atoms with Crippen molar-refractivity contribution in [1.29, 1.82) is 0 Å². The number of piperazine rings is 1. The van der Waals surface area contributed by atoms with Crippen molar-refractivity contribution in [2.75, 3.05) is 45.8 Å². The fourth-order valence-corrected chi connectivity index (χ4v) is 3.05. The number of nitrogens with one attached hydrogen (secondary N) is 1. The molecule has 0 aromatic heterocycles. The third kappa shape index (κ3) is 11.4. The Morgan fingerprint density at radius 2 is 1.52 bits per heavy atom. The van der Waals surface area contributed by atoms with Crippen LogP contribution in [0.5, 0.6) is 0 Å². The minimum atomic E-state index is -0.409. The lowest BCUT2D eigenvalue weighted by Gasteiger charge is -2.35. The summed E-state index contributed by atoms with van der Waals surface area (Å²) in [6, 6.07) is 0. The molecule has 5 heteroatoms. The third-order valence-corrected chi connectivity index (χ3v) is 4.59. The van der Waals surface area contributed by atoms with Gasteiger partial charge < -0.3 is 15.0 Å². The molecule has 0 atom stereocenters. The summed E-state index contributed by atoms with van der Waals surface area (Å²) in [5, 5.41) is 3.55. The van der Waals surface area contributed by atoms with Crippen LogP contribution in [0.25, 0.3) is 0 Å². The van der Waals surface area contributed by atoms with Crippen LogP contribution in [-0.2, 0) is 4.74 Å². The van der Waals surface area contributed by atoms with Crippen LogP contribution < -0.4 is 5.32 Å². The summed E-state index contributed by atoms with van der Waals surface area (Å²) in [4.78, 5) is 16.3. The summed E-state index contributed by atoms with van der Waals surface area (Å²) < 4.78 is 5.44. The maximum absolute atomic E-state index is 12.0. The van der Waals surface area contributed by atoms with E-state index in [1.54, 1.807) is 0 Å². The summed E-state index contributed by atoms with van der Waals surface area (Å²) in [5.41, 5.74) is -0.409. The second-order valence-electron chi connectivity index (χ2n) is 8.18. The Morgan fingerprint density at radius 1 is 0.920 bits per heavy atom. The van der Waals surface area contributed by atoms with E-state index in [0.717, 1.165) is 45.8 Å². The van der Waals surface area contributed by atoms with Crippen molar-refractivity contribution >= 4 is 6.09 Å². The van der Waals surface area contributed by atoms with Crippen molar-refractivity contribution in [3.63, 3.8) is 0 Å². The number of hydrogen-bond acceptors (Lipinski definition) is 4. The lowest BCUT2D eigenvalue weighted by Crippen LogP contribution is -2.51. The van der Waals surface area contributed by atoms with Gasteiger partial charge in [0.15, 0.2) is 0 Å². The molecule has 1 aliphatic rings. The maximum Gasteiger partial charge on any atom is 0.410 e. The van der Waals surface area contributed by atoms with Crippen LogP contribution in [0.4, 0.5) is 4.79 Å². The Hall–Kier alpha value is -0.810. The zero-order valence-corrected chi connectivity index (χ0v) is 17.1. The van der Waals surface area contributed by atoms with E-state index in [2.05, 4.69) is 17.1 Å². The molecule has 1 amide bonds. The van der Waals surface area contributed by atoms with E-state index in [1.807, 2.05) is 25.7 Å². The largest absolute Gasteiger partial charge is 0.444 e. The highest BCUT2D eigenvalue weighted by Gasteiger charge is 2.25. The van der Waals surface area contributed by atoms with Gasteiger partial charge in [0.1, 0.15) is 5.60 Å². The maximum atomic E-state index is 12.0. The smallest absolute Gasteiger partial charge is 0.410 e. The number of nitrogens with zero attached hydrogens (tertiary/aromatic N) is 2. The zero-order valence-electron chi connectivity index (χ0n) is 17.1. The van der Waals surface area contributed by atoms with Crippen molar-refractivity contribution < 1.29 is 9.53 Å². The molecule has 0 aromatic rings. The first-order chi connectivity index (χ1) is 11.9. The highest BCUT2D eigenvalue weighted by molar-refractivity contribution is 5.68. The van der Waals surface area contributed by atoms with Crippen LogP contribution >= 0.6 is 0 Å². The van der Waals surface area contributed by atoms with E-state index in [4.69, 9.17) is 4.74 Å². The molecule has 0 aliphatic carbocycles. The fraction of sp³-hybridized carbons (Fsp3) is 0.950. The first kappa shape index (κ1) is 22.2. The zero-order chi connectivity index (χ0) is 18.5. The van der Waals surface area contributed by atoms with Crippen LogP contribution in [0.1, 0.15) is 72.6 Å². The summed E-state index contributed by atoms with van der Waals surface area (Å²) in [7, 11) is 0. The summed E-state index contributed by atoms with van der Waals surface area (Å²) in [6.07, 6.45) is 9.37. The van der Waals surface area contributed by atoms with Gasteiger partial charge in [0.05, 0.1) is 0 Å². The molecule has 148 valence electrons. The van der Waals surface area contributed by atoms with Crippen molar-refractivity contribution in [2.24, 2.45) is 0 Å². The van der Waals surface area contributed by atoms with E-state index in [-0.39, 0.29) is 6.09 Å². The number of ether oxygens (including phenoxy) is 1. The van der Waals surface area contributed by atoms with Gasteiger partial charge in [0.2, 0.25) is 0 Å². The number of hydrogen-bond donors (Lipinski definition) is 1. The number of carbonyl (C=O) groups excluding carboxylic acids is 1. The molecule has 1 saturated heterocycles. The van der Waals surface area contributed by atoms with Crippen LogP contribution in [-0.4, -0.2) is 67.3 Å². The Balaban J connectivity index is 1.96. The van der Waals surface area contributed by atoms with E-state index >= 15 is 0 Å². The van der Waals surface area contributed by atoms with Gasteiger partial charge in [-0.05, 0) is 33.7 Å². The van der Waals surface area contributed by atoms with Gasteiger partial charge in [-0.25, -0.2) is 4.79 Å². The van der Waals surface area contributed by atoms with E-state index in [1.165, 1.54) is 44.9 Å². The first-order valence-corrected chi connectivity index (χ1v) is 10.3. The molecular formula is C20H41N3O2. The predicted octanol–water partition coefficient (Wildman–Crippen LogP) is 3.88. The molecule has 25 heavy (non-hydrogen) atoms. The van der Waals surface area contributed by atoms with Crippen molar-refractivity contribution in [1.82, 2.24) is 15.1 Å². The number of carbonyl (C=O) groups is 1. The van der Waals surface area contributed by atoms with Crippen molar-refractivity contribution in [3.8, 4) is 0 Å². The van der Waals surface area contributed by atoms with Crippen molar-refractivity contribution in [3.05, 3.63) is 0 Å². The van der Waals surface area contributed by atoms with Gasteiger partial charge >= 0.3 is 6.09 Å². The summed E-state index contributed by atoms with van der Waals surface area (Å²) in [5.74, 6) is 0. The molecule has 0 unspecified atom stereocenters. The summed E-state index contributed by atoms with van der Waals surface area (Å²) in [6.45, 7) is 14.7. The highest BCUT2D eigenvalue weighted by atomic mass is 16.6. The molecule has 0 saturated carbocycles. The Kier molecular flexibility index (Phi) is 11.1. The van der Waals surface area contributed by atoms with Crippen molar-refractivity contribution in [2.45, 2.75) is 78.2 Å². The average Bonchev–Trinajstić information content (AvgIpc) is 2.55. The third-order valence-electron chi connectivity index (χ3n) is 4.59. The molecule has 1 heterocycles. The topological polar surface area (TPSA) is 44.8 Å². The number of unbranched alkanes of at least 4 members (excludes halogenated alkanes) is 6. The molecule has 0 radical (unpaired) electrons. The minimum absolute atomic E-state index is 0.177. The summed E-state index contributed by atoms with van der Waals surface area (Å²) >= 11 is 0. The number of amides is 1. The molecule has 0 spiro atoms. The van der Waals surface area contributed by atoms with Gasteiger partial charge in [0.25, 0.3) is 0 Å². The first-order valence-electron chi connectivity index (χ1n) is 10.3. The van der Waals surface area contributed by atoms with Crippen LogP contribution in [0.15, 0.2) is 0 Å². The SMILES string of the molecule is CCCCCCCCCNCCN1CCN(C(=O)OC(C)(C)C)CC1. The molecule has 1 aliphatic heterocycles. The Morgan fingerprint density at radius 3 is 2.12 bits per heavy atom. The van der Waals surface area contributed by atoms with E-state index < -0.39 is 5.60 Å². The van der Waals surface area contributed by atoms with Crippen LogP contribution in [0, 0.1) is 0 Å². The van der Waals surface area contributed by atoms with Gasteiger partial charge in [-0.3, -0.25) is 4.90 Å². The van der Waals surface area contributed by atoms with Crippen LogP contribution in [0.3, 0.4) is 0 Å². The molecule has 5 nitrogen and oxygen atoms in total.